The van der Waals surface area contributed by atoms with E-state index in [0.29, 0.717) is 11.1 Å². The summed E-state index contributed by atoms with van der Waals surface area (Å²) < 4.78 is 0. The average Bonchev–Trinajstić information content (AvgIpc) is 2.30. The summed E-state index contributed by atoms with van der Waals surface area (Å²) in [6, 6.07) is 6.28. The second-order valence-electron chi connectivity index (χ2n) is 3.14. The van der Waals surface area contributed by atoms with Crippen LogP contribution in [0.25, 0.3) is 0 Å². The van der Waals surface area contributed by atoms with Crippen LogP contribution >= 0.6 is 0 Å². The van der Waals surface area contributed by atoms with E-state index >= 15 is 0 Å². The van der Waals surface area contributed by atoms with Gasteiger partial charge >= 0.3 is 95.7 Å². The van der Waals surface area contributed by atoms with E-state index in [0.717, 1.165) is 17.1 Å². The van der Waals surface area contributed by atoms with Gasteiger partial charge in [0, 0.05) is 0 Å². The van der Waals surface area contributed by atoms with Gasteiger partial charge in [-0.1, -0.05) is 0 Å². The maximum absolute atomic E-state index is 11.7. The molecule has 1 rings (SSSR count). The summed E-state index contributed by atoms with van der Waals surface area (Å²) >= 11 is 0. The van der Waals surface area contributed by atoms with Crippen LogP contribution in [0, 0.1) is 0 Å². The summed E-state index contributed by atoms with van der Waals surface area (Å²) in [5, 5.41) is 0. The van der Waals surface area contributed by atoms with Gasteiger partial charge in [0.05, 0.1) is 0 Å². The Balaban J connectivity index is 2.97. The number of nitrogens with zero attached hydrogens (tertiary/aromatic N) is 1. The van der Waals surface area contributed by atoms with Crippen molar-refractivity contribution < 1.29 is 9.59 Å². The fraction of sp³-hybridized carbons (Fsp3) is 0.0909. The molecule has 0 heterocycles. The zero-order valence-corrected chi connectivity index (χ0v) is 8.88. The number of rotatable bonds is 4. The van der Waals surface area contributed by atoms with E-state index in [4.69, 9.17) is 15.0 Å². The van der Waals surface area contributed by atoms with E-state index in [1.807, 2.05) is 0 Å². The van der Waals surface area contributed by atoms with Gasteiger partial charge in [-0.25, -0.2) is 0 Å². The van der Waals surface area contributed by atoms with Crippen molar-refractivity contribution in [1.82, 2.24) is 4.90 Å². The number of Topliss-reactive ketones (excluding diaryl/α,β-unsaturated/α-hetero) is 1. The molecule has 0 aliphatic heterocycles. The van der Waals surface area contributed by atoms with Crippen molar-refractivity contribution in [2.75, 3.05) is 0 Å². The molecule has 0 bridgehead atoms. The molecule has 0 saturated carbocycles. The molecule has 1 aromatic rings. The molecule has 3 nitrogen and oxygen atoms in total. The molecule has 0 spiro atoms. The van der Waals surface area contributed by atoms with Gasteiger partial charge in [0.15, 0.2) is 0 Å². The van der Waals surface area contributed by atoms with Crippen LogP contribution in [0.1, 0.15) is 27.6 Å². The van der Waals surface area contributed by atoms with Gasteiger partial charge in [-0.3, -0.25) is 0 Å². The molecule has 0 aromatic heterocycles. The number of carbonyl (C=O) groups is 2. The molecule has 0 fully saturated rings. The zero-order valence-electron chi connectivity index (χ0n) is 8.88. The molecule has 1 aromatic carbocycles. The molecule has 16 heavy (non-hydrogen) atoms. The number of benzene rings is 1. The van der Waals surface area contributed by atoms with Crippen LogP contribution in [0.4, 0.5) is 0 Å². The van der Waals surface area contributed by atoms with Crippen LogP contribution in [0.2, 0.25) is 0 Å². The van der Waals surface area contributed by atoms with E-state index in [2.05, 4.69) is 0 Å². The third-order valence-corrected chi connectivity index (χ3v) is 2.09. The molecule has 0 aliphatic rings. The second kappa shape index (κ2) is 5.35. The number of carbonyl (C=O) groups excluding carboxylic acids is 2. The minimum atomic E-state index is -0.347. The second-order valence-corrected chi connectivity index (χ2v) is 3.14. The Morgan fingerprint density at radius 2 is 1.50 bits per heavy atom. The van der Waals surface area contributed by atoms with Gasteiger partial charge < -0.3 is 0 Å². The SMILES string of the molecule is [B]=CN(C=[B])C(=O)c1ccc(C(C)=O)cc1. The molecule has 1 amide bonds. The Morgan fingerprint density at radius 3 is 1.88 bits per heavy atom. The van der Waals surface area contributed by atoms with Crippen LogP contribution in [0.3, 0.4) is 0 Å². The topological polar surface area (TPSA) is 37.4 Å². The first-order valence-corrected chi connectivity index (χ1v) is 4.64. The third kappa shape index (κ3) is 2.63. The van der Waals surface area contributed by atoms with Gasteiger partial charge in [0.1, 0.15) is 0 Å². The maximum atomic E-state index is 11.7. The quantitative estimate of drug-likeness (QED) is 0.524. The zero-order chi connectivity index (χ0) is 12.1. The fourth-order valence-electron chi connectivity index (χ4n) is 1.18. The summed E-state index contributed by atoms with van der Waals surface area (Å²) in [4.78, 5) is 23.8. The van der Waals surface area contributed by atoms with Crippen molar-refractivity contribution in [1.29, 1.82) is 0 Å². The molecule has 2 radical (unpaired) electrons. The first kappa shape index (κ1) is 12.3. The van der Waals surface area contributed by atoms with Crippen molar-refractivity contribution in [3.05, 3.63) is 35.4 Å². The van der Waals surface area contributed by atoms with Crippen molar-refractivity contribution >= 4 is 38.8 Å². The molecule has 0 saturated heterocycles. The summed E-state index contributed by atoms with van der Waals surface area (Å²) in [6.07, 6.45) is 2.14. The van der Waals surface area contributed by atoms with E-state index in [9.17, 15) is 9.59 Å². The molecule has 0 aliphatic carbocycles. The van der Waals surface area contributed by atoms with E-state index in [-0.39, 0.29) is 11.7 Å². The Bertz CT molecular complexity index is 432. The van der Waals surface area contributed by atoms with Crippen LogP contribution in [-0.2, 0) is 0 Å². The van der Waals surface area contributed by atoms with Gasteiger partial charge in [-0.15, -0.1) is 0 Å². The first-order chi connectivity index (χ1) is 7.60. The number of hydrogen-bond acceptors (Lipinski definition) is 2. The first-order valence-electron chi connectivity index (χ1n) is 4.64. The molecular formula is C11H9B2NO2. The van der Waals surface area contributed by atoms with Gasteiger partial charge in [0.2, 0.25) is 0 Å². The standard InChI is InChI=1S/C11H9B2NO2/c1-8(15)9-2-4-10(5-3-9)11(16)14(6-12)7-13/h2-7H,1H3. The van der Waals surface area contributed by atoms with E-state index in [1.165, 1.54) is 6.92 Å². The van der Waals surface area contributed by atoms with Crippen LogP contribution in [-0.4, -0.2) is 43.7 Å². The summed E-state index contributed by atoms with van der Waals surface area (Å²) in [5.74, 6) is -0.397. The molecule has 0 atom stereocenters. The Morgan fingerprint density at radius 1 is 1.06 bits per heavy atom. The molecule has 0 unspecified atom stereocenters. The van der Waals surface area contributed by atoms with Crippen LogP contribution in [0.15, 0.2) is 24.3 Å². The van der Waals surface area contributed by atoms with E-state index < -0.39 is 0 Å². The predicted molar refractivity (Wildman–Crippen MR) is 66.3 cm³/mol. The summed E-state index contributed by atoms with van der Waals surface area (Å²) in [5.41, 5.74) is 0.963. The average molecular weight is 209 g/mol. The van der Waals surface area contributed by atoms with Gasteiger partial charge in [-0.05, 0) is 0 Å². The monoisotopic (exact) mass is 209 g/mol. The Labute approximate surface area is 96.2 Å². The fourth-order valence-corrected chi connectivity index (χ4v) is 1.18. The minimum absolute atomic E-state index is 0.0494. The summed E-state index contributed by atoms with van der Waals surface area (Å²) in [7, 11) is 10.4. The van der Waals surface area contributed by atoms with Gasteiger partial charge in [-0.2, -0.15) is 0 Å². The number of ketones is 1. The Kier molecular flexibility index (Phi) is 4.11. The van der Waals surface area contributed by atoms with E-state index in [1.54, 1.807) is 24.3 Å². The predicted octanol–water partition coefficient (Wildman–Crippen LogP) is 0.188. The van der Waals surface area contributed by atoms with Crippen LogP contribution in [0.5, 0.6) is 0 Å². The molecular weight excluding hydrogens is 200 g/mol. The van der Waals surface area contributed by atoms with Crippen molar-refractivity contribution in [2.24, 2.45) is 0 Å². The number of amides is 1. The molecule has 5 heteroatoms. The van der Waals surface area contributed by atoms with Crippen molar-refractivity contribution in [3.8, 4) is 0 Å². The van der Waals surface area contributed by atoms with Crippen LogP contribution < -0.4 is 0 Å². The number of hydrogen-bond donors (Lipinski definition) is 0. The third-order valence-electron chi connectivity index (χ3n) is 2.09. The van der Waals surface area contributed by atoms with Crippen molar-refractivity contribution in [2.45, 2.75) is 6.92 Å². The summed E-state index contributed by atoms with van der Waals surface area (Å²) in [6.45, 7) is 1.46. The van der Waals surface area contributed by atoms with Gasteiger partial charge in [0.25, 0.3) is 0 Å². The normalized spacial score (nSPS) is 9.19. The Hall–Kier alpha value is -1.77. The molecule has 76 valence electrons. The van der Waals surface area contributed by atoms with Crippen molar-refractivity contribution in [3.63, 3.8) is 0 Å². The molecule has 0 N–H and O–H groups in total.